The summed E-state index contributed by atoms with van der Waals surface area (Å²) in [6.07, 6.45) is 1.33. The van der Waals surface area contributed by atoms with E-state index in [1.54, 1.807) is 0 Å². The summed E-state index contributed by atoms with van der Waals surface area (Å²) in [5.74, 6) is -0.704. The molecule has 7 nitrogen and oxygen atoms in total. The highest BCUT2D eigenvalue weighted by atomic mass is 35.5. The number of nitrogens with zero attached hydrogens (tertiary/aromatic N) is 4. The molecular formula is C10H11ClFN5O2S. The van der Waals surface area contributed by atoms with Crippen LogP contribution >= 0.6 is 11.6 Å². The second-order valence-electron chi connectivity index (χ2n) is 3.96. The number of hydrogen-bond acceptors (Lipinski definition) is 5. The summed E-state index contributed by atoms with van der Waals surface area (Å²) in [4.78, 5) is 0. The van der Waals surface area contributed by atoms with Crippen LogP contribution in [0, 0.1) is 5.82 Å². The summed E-state index contributed by atoms with van der Waals surface area (Å²) in [5.41, 5.74) is 0.572. The topological polar surface area (TPSA) is 89.8 Å². The van der Waals surface area contributed by atoms with Gasteiger partial charge in [-0.05, 0) is 28.1 Å². The van der Waals surface area contributed by atoms with Crippen molar-refractivity contribution >= 4 is 21.6 Å². The summed E-state index contributed by atoms with van der Waals surface area (Å²) in [7, 11) is -3.48. The third-order valence-corrected chi connectivity index (χ3v) is 4.05. The molecule has 0 amide bonds. The molecule has 0 atom stereocenters. The van der Waals surface area contributed by atoms with Gasteiger partial charge in [-0.25, -0.2) is 22.2 Å². The third-order valence-electron chi connectivity index (χ3n) is 2.46. The highest BCUT2D eigenvalue weighted by Gasteiger charge is 2.11. The van der Waals surface area contributed by atoms with Crippen molar-refractivity contribution in [2.24, 2.45) is 0 Å². The van der Waals surface area contributed by atoms with Crippen molar-refractivity contribution in [3.05, 3.63) is 40.9 Å². The Balaban J connectivity index is 1.90. The minimum atomic E-state index is -3.48. The first-order chi connectivity index (χ1) is 9.46. The number of aromatic nitrogens is 4. The largest absolute Gasteiger partial charge is 0.231 e. The Hall–Kier alpha value is -1.58. The van der Waals surface area contributed by atoms with Gasteiger partial charge >= 0.3 is 0 Å². The average molecular weight is 320 g/mol. The maximum Gasteiger partial charge on any atom is 0.213 e. The first-order valence-corrected chi connectivity index (χ1v) is 7.61. The predicted molar refractivity (Wildman–Crippen MR) is 69.9 cm³/mol. The van der Waals surface area contributed by atoms with Crippen LogP contribution in [0.4, 0.5) is 4.39 Å². The molecule has 0 aliphatic carbocycles. The molecule has 1 aromatic heterocycles. The Morgan fingerprint density at radius 3 is 2.85 bits per heavy atom. The molecule has 0 fully saturated rings. The van der Waals surface area contributed by atoms with Crippen LogP contribution in [-0.4, -0.2) is 34.4 Å². The summed E-state index contributed by atoms with van der Waals surface area (Å²) in [5, 5.41) is 10.3. The summed E-state index contributed by atoms with van der Waals surface area (Å²) < 4.78 is 40.2. The van der Waals surface area contributed by atoms with Gasteiger partial charge in [-0.15, -0.1) is 5.10 Å². The van der Waals surface area contributed by atoms with Crippen molar-refractivity contribution in [1.82, 2.24) is 24.9 Å². The molecule has 0 spiro atoms. The van der Waals surface area contributed by atoms with Crippen molar-refractivity contribution in [2.45, 2.75) is 13.1 Å². The van der Waals surface area contributed by atoms with Gasteiger partial charge in [-0.2, -0.15) is 0 Å². The Labute approximate surface area is 119 Å². The van der Waals surface area contributed by atoms with Gasteiger partial charge < -0.3 is 0 Å². The lowest BCUT2D eigenvalue weighted by Crippen LogP contribution is -2.28. The molecule has 2 rings (SSSR count). The van der Waals surface area contributed by atoms with E-state index in [-0.39, 0.29) is 23.9 Å². The molecule has 20 heavy (non-hydrogen) atoms. The molecule has 0 saturated carbocycles. The number of nitrogens with one attached hydrogen (secondary N) is 1. The molecule has 0 unspecified atom stereocenters. The number of sulfonamides is 1. The normalized spacial score (nSPS) is 11.7. The van der Waals surface area contributed by atoms with Crippen LogP contribution < -0.4 is 4.72 Å². The Morgan fingerprint density at radius 2 is 2.20 bits per heavy atom. The number of tetrazole rings is 1. The molecule has 0 radical (unpaired) electrons. The Kier molecular flexibility index (Phi) is 4.63. The fourth-order valence-electron chi connectivity index (χ4n) is 1.41. The predicted octanol–water partition coefficient (Wildman–Crippen LogP) is 0.585. The lowest BCUT2D eigenvalue weighted by molar-refractivity contribution is 0.562. The third kappa shape index (κ3) is 4.22. The second-order valence-corrected chi connectivity index (χ2v) is 6.29. The van der Waals surface area contributed by atoms with Crippen molar-refractivity contribution < 1.29 is 12.8 Å². The SMILES string of the molecule is O=S(=O)(CCn1cnnn1)NCc1ccc(F)c(Cl)c1. The molecule has 0 aliphatic rings. The van der Waals surface area contributed by atoms with Gasteiger partial charge in [0, 0.05) is 6.54 Å². The van der Waals surface area contributed by atoms with Crippen LogP contribution in [0.15, 0.2) is 24.5 Å². The lowest BCUT2D eigenvalue weighted by Gasteiger charge is -2.07. The van der Waals surface area contributed by atoms with Crippen LogP contribution in [0.5, 0.6) is 0 Å². The molecule has 1 N–H and O–H groups in total. The van der Waals surface area contributed by atoms with E-state index in [0.29, 0.717) is 5.56 Å². The first kappa shape index (κ1) is 14.8. The van der Waals surface area contributed by atoms with E-state index in [1.807, 2.05) is 0 Å². The molecule has 2 aromatic rings. The fourth-order valence-corrected chi connectivity index (χ4v) is 2.57. The molecule has 0 saturated heterocycles. The van der Waals surface area contributed by atoms with Gasteiger partial charge in [0.15, 0.2) is 0 Å². The van der Waals surface area contributed by atoms with Gasteiger partial charge in [0.25, 0.3) is 0 Å². The van der Waals surface area contributed by atoms with E-state index < -0.39 is 15.8 Å². The van der Waals surface area contributed by atoms with E-state index >= 15 is 0 Å². The summed E-state index contributed by atoms with van der Waals surface area (Å²) in [6.45, 7) is 0.185. The number of hydrogen-bond donors (Lipinski definition) is 1. The maximum atomic E-state index is 13.0. The monoisotopic (exact) mass is 319 g/mol. The highest BCUT2D eigenvalue weighted by Crippen LogP contribution is 2.15. The van der Waals surface area contributed by atoms with E-state index in [0.717, 1.165) is 0 Å². The average Bonchev–Trinajstić information content (AvgIpc) is 2.91. The number of aryl methyl sites for hydroxylation is 1. The minimum Gasteiger partial charge on any atom is -0.231 e. The maximum absolute atomic E-state index is 13.0. The zero-order valence-corrected chi connectivity index (χ0v) is 11.8. The van der Waals surface area contributed by atoms with Crippen LogP contribution in [0.25, 0.3) is 0 Å². The molecule has 0 bridgehead atoms. The zero-order valence-electron chi connectivity index (χ0n) is 10.2. The highest BCUT2D eigenvalue weighted by molar-refractivity contribution is 7.89. The second kappa shape index (κ2) is 6.25. The number of rotatable bonds is 6. The van der Waals surface area contributed by atoms with E-state index in [4.69, 9.17) is 11.6 Å². The van der Waals surface area contributed by atoms with Crippen molar-refractivity contribution in [3.8, 4) is 0 Å². The Morgan fingerprint density at radius 1 is 1.40 bits per heavy atom. The quantitative estimate of drug-likeness (QED) is 0.841. The smallest absolute Gasteiger partial charge is 0.213 e. The van der Waals surface area contributed by atoms with E-state index in [9.17, 15) is 12.8 Å². The number of halogens is 2. The van der Waals surface area contributed by atoms with Gasteiger partial charge in [-0.3, -0.25) is 0 Å². The van der Waals surface area contributed by atoms with Crippen molar-refractivity contribution in [1.29, 1.82) is 0 Å². The molecule has 1 aromatic carbocycles. The molecule has 108 valence electrons. The molecular weight excluding hydrogens is 309 g/mol. The van der Waals surface area contributed by atoms with Crippen LogP contribution in [0.1, 0.15) is 5.56 Å². The van der Waals surface area contributed by atoms with Crippen LogP contribution in [0.2, 0.25) is 5.02 Å². The minimum absolute atomic E-state index is 0.0396. The van der Waals surface area contributed by atoms with Gasteiger partial charge in [0.1, 0.15) is 12.1 Å². The fraction of sp³-hybridized carbons (Fsp3) is 0.300. The van der Waals surface area contributed by atoms with E-state index in [1.165, 1.54) is 29.2 Å². The van der Waals surface area contributed by atoms with Gasteiger partial charge in [-0.1, -0.05) is 17.7 Å². The summed E-state index contributed by atoms with van der Waals surface area (Å²) >= 11 is 5.61. The molecule has 0 aliphatic heterocycles. The molecule has 1 heterocycles. The van der Waals surface area contributed by atoms with Crippen molar-refractivity contribution in [3.63, 3.8) is 0 Å². The lowest BCUT2D eigenvalue weighted by atomic mass is 10.2. The van der Waals surface area contributed by atoms with Gasteiger partial charge in [0.2, 0.25) is 10.0 Å². The number of benzene rings is 1. The van der Waals surface area contributed by atoms with Crippen LogP contribution in [0.3, 0.4) is 0 Å². The van der Waals surface area contributed by atoms with Crippen molar-refractivity contribution in [2.75, 3.05) is 5.75 Å². The van der Waals surface area contributed by atoms with Crippen LogP contribution in [-0.2, 0) is 23.1 Å². The first-order valence-electron chi connectivity index (χ1n) is 5.58. The molecule has 10 heteroatoms. The standard InChI is InChI=1S/C10H11ClFN5O2S/c11-9-5-8(1-2-10(9)12)6-14-20(18,19)4-3-17-7-13-15-16-17/h1-2,5,7,14H,3-4,6H2. The Bertz CT molecular complexity index is 677. The van der Waals surface area contributed by atoms with E-state index in [2.05, 4.69) is 20.2 Å². The zero-order chi connectivity index (χ0) is 14.6. The van der Waals surface area contributed by atoms with Gasteiger partial charge in [0.05, 0.1) is 17.3 Å². The summed E-state index contributed by atoms with van der Waals surface area (Å²) in [6, 6.07) is 4.03.